The lowest BCUT2D eigenvalue weighted by Gasteiger charge is -2.04. The number of carbonyl (C=O) groups excluding carboxylic acids is 1. The van der Waals surface area contributed by atoms with Crippen molar-refractivity contribution in [2.45, 2.75) is 6.54 Å². The van der Waals surface area contributed by atoms with Crippen LogP contribution in [0, 0.1) is 0 Å². The molecular formula is C18H14N6O. The molecule has 0 fully saturated rings. The maximum atomic E-state index is 12.4. The third-order valence-corrected chi connectivity index (χ3v) is 3.69. The second-order valence-corrected chi connectivity index (χ2v) is 5.38. The Morgan fingerprint density at radius 3 is 2.60 bits per heavy atom. The van der Waals surface area contributed by atoms with Gasteiger partial charge in [-0.25, -0.2) is 0 Å². The standard InChI is InChI=1S/C18H14N6O/c25-18(20-12-14-8-4-5-11-19-14)17-22-21-16-10-9-15(23-24(16)17)13-6-2-1-3-7-13/h1-11H,12H2,(H,20,25). The van der Waals surface area contributed by atoms with Crippen molar-refractivity contribution >= 4 is 11.6 Å². The lowest BCUT2D eigenvalue weighted by atomic mass is 10.1. The number of nitrogens with one attached hydrogen (secondary N) is 1. The number of hydrogen-bond acceptors (Lipinski definition) is 5. The molecule has 122 valence electrons. The van der Waals surface area contributed by atoms with Crippen LogP contribution in [0.5, 0.6) is 0 Å². The number of aromatic nitrogens is 5. The van der Waals surface area contributed by atoms with Crippen LogP contribution in [0.4, 0.5) is 0 Å². The zero-order valence-electron chi connectivity index (χ0n) is 13.2. The number of nitrogens with zero attached hydrogens (tertiary/aromatic N) is 5. The first-order chi connectivity index (χ1) is 12.3. The van der Waals surface area contributed by atoms with E-state index in [-0.39, 0.29) is 11.7 Å². The number of benzene rings is 1. The highest BCUT2D eigenvalue weighted by atomic mass is 16.2. The van der Waals surface area contributed by atoms with Gasteiger partial charge in [-0.1, -0.05) is 36.4 Å². The van der Waals surface area contributed by atoms with E-state index in [1.54, 1.807) is 12.3 Å². The third kappa shape index (κ3) is 3.07. The number of amides is 1. The molecule has 0 saturated carbocycles. The van der Waals surface area contributed by atoms with E-state index in [4.69, 9.17) is 0 Å². The Bertz CT molecular complexity index is 1010. The SMILES string of the molecule is O=C(NCc1ccccn1)c1nnc2ccc(-c3ccccc3)nn12. The molecule has 3 aromatic heterocycles. The molecule has 4 rings (SSSR count). The summed E-state index contributed by atoms with van der Waals surface area (Å²) >= 11 is 0. The first-order valence-corrected chi connectivity index (χ1v) is 7.77. The molecule has 0 aliphatic carbocycles. The van der Waals surface area contributed by atoms with Gasteiger partial charge in [0.05, 0.1) is 17.9 Å². The van der Waals surface area contributed by atoms with Crippen LogP contribution >= 0.6 is 0 Å². The zero-order valence-corrected chi connectivity index (χ0v) is 13.2. The molecule has 7 nitrogen and oxygen atoms in total. The van der Waals surface area contributed by atoms with E-state index in [1.807, 2.05) is 54.6 Å². The number of fused-ring (bicyclic) bond motifs is 1. The fraction of sp³-hybridized carbons (Fsp3) is 0.0556. The van der Waals surface area contributed by atoms with Gasteiger partial charge in [0.25, 0.3) is 5.91 Å². The summed E-state index contributed by atoms with van der Waals surface area (Å²) in [5.74, 6) is -0.209. The topological polar surface area (TPSA) is 85.1 Å². The van der Waals surface area contributed by atoms with Crippen molar-refractivity contribution < 1.29 is 4.79 Å². The molecule has 0 radical (unpaired) electrons. The van der Waals surface area contributed by atoms with Crippen molar-refractivity contribution in [1.82, 2.24) is 30.1 Å². The highest BCUT2D eigenvalue weighted by Gasteiger charge is 2.16. The highest BCUT2D eigenvalue weighted by molar-refractivity contribution is 5.91. The van der Waals surface area contributed by atoms with Crippen LogP contribution < -0.4 is 5.32 Å². The van der Waals surface area contributed by atoms with Gasteiger partial charge in [0.15, 0.2) is 5.65 Å². The van der Waals surface area contributed by atoms with Gasteiger partial charge in [0, 0.05) is 11.8 Å². The van der Waals surface area contributed by atoms with E-state index in [0.717, 1.165) is 17.0 Å². The molecule has 0 spiro atoms. The van der Waals surface area contributed by atoms with Crippen LogP contribution in [-0.4, -0.2) is 30.7 Å². The van der Waals surface area contributed by atoms with E-state index in [2.05, 4.69) is 25.6 Å². The molecule has 0 aliphatic heterocycles. The average molecular weight is 330 g/mol. The molecule has 0 aliphatic rings. The van der Waals surface area contributed by atoms with Crippen molar-refractivity contribution in [1.29, 1.82) is 0 Å². The Morgan fingerprint density at radius 2 is 1.80 bits per heavy atom. The molecule has 0 atom stereocenters. The van der Waals surface area contributed by atoms with E-state index < -0.39 is 0 Å². The minimum atomic E-state index is -0.351. The third-order valence-electron chi connectivity index (χ3n) is 3.69. The van der Waals surface area contributed by atoms with Gasteiger partial charge in [-0.15, -0.1) is 10.2 Å². The molecule has 0 saturated heterocycles. The summed E-state index contributed by atoms with van der Waals surface area (Å²) in [4.78, 5) is 16.6. The minimum Gasteiger partial charge on any atom is -0.344 e. The Morgan fingerprint density at radius 1 is 0.960 bits per heavy atom. The molecule has 1 aromatic carbocycles. The normalized spacial score (nSPS) is 10.7. The van der Waals surface area contributed by atoms with Gasteiger partial charge in [0.2, 0.25) is 5.82 Å². The maximum absolute atomic E-state index is 12.4. The molecule has 1 amide bonds. The molecular weight excluding hydrogens is 316 g/mol. The molecule has 0 bridgehead atoms. The van der Waals surface area contributed by atoms with Crippen LogP contribution in [-0.2, 0) is 6.54 Å². The van der Waals surface area contributed by atoms with Gasteiger partial charge in [0.1, 0.15) is 0 Å². The van der Waals surface area contributed by atoms with E-state index in [9.17, 15) is 4.79 Å². The van der Waals surface area contributed by atoms with Gasteiger partial charge in [-0.2, -0.15) is 9.61 Å². The van der Waals surface area contributed by atoms with Crippen LogP contribution in [0.3, 0.4) is 0 Å². The first-order valence-electron chi connectivity index (χ1n) is 7.77. The number of pyridine rings is 1. The number of carbonyl (C=O) groups is 1. The smallest absolute Gasteiger partial charge is 0.291 e. The summed E-state index contributed by atoms with van der Waals surface area (Å²) in [6.45, 7) is 0.312. The highest BCUT2D eigenvalue weighted by Crippen LogP contribution is 2.16. The lowest BCUT2D eigenvalue weighted by Crippen LogP contribution is -2.26. The monoisotopic (exact) mass is 330 g/mol. The van der Waals surface area contributed by atoms with Gasteiger partial charge in [-0.05, 0) is 24.3 Å². The van der Waals surface area contributed by atoms with Crippen molar-refractivity contribution in [3.63, 3.8) is 0 Å². The van der Waals surface area contributed by atoms with Gasteiger partial charge >= 0.3 is 0 Å². The van der Waals surface area contributed by atoms with Crippen molar-refractivity contribution in [2.75, 3.05) is 0 Å². The van der Waals surface area contributed by atoms with Gasteiger partial charge in [-0.3, -0.25) is 9.78 Å². The predicted octanol–water partition coefficient (Wildman–Crippen LogP) is 2.12. The quantitative estimate of drug-likeness (QED) is 0.619. The number of rotatable bonds is 4. The van der Waals surface area contributed by atoms with Crippen LogP contribution in [0.1, 0.15) is 16.3 Å². The Labute approximate surface area is 143 Å². The summed E-state index contributed by atoms with van der Waals surface area (Å²) in [6, 6.07) is 18.9. The second kappa shape index (κ2) is 6.48. The van der Waals surface area contributed by atoms with Crippen LogP contribution in [0.15, 0.2) is 66.9 Å². The molecule has 1 N–H and O–H groups in total. The Balaban J connectivity index is 1.62. The van der Waals surface area contributed by atoms with E-state index >= 15 is 0 Å². The molecule has 4 aromatic rings. The summed E-state index contributed by atoms with van der Waals surface area (Å²) in [5, 5.41) is 15.2. The molecule has 3 heterocycles. The molecule has 7 heteroatoms. The Hall–Kier alpha value is -3.61. The minimum absolute atomic E-state index is 0.142. The fourth-order valence-electron chi connectivity index (χ4n) is 2.45. The van der Waals surface area contributed by atoms with Crippen molar-refractivity contribution in [2.24, 2.45) is 0 Å². The second-order valence-electron chi connectivity index (χ2n) is 5.38. The summed E-state index contributed by atoms with van der Waals surface area (Å²) < 4.78 is 1.45. The largest absolute Gasteiger partial charge is 0.344 e. The van der Waals surface area contributed by atoms with Crippen molar-refractivity contribution in [3.8, 4) is 11.3 Å². The number of hydrogen-bond donors (Lipinski definition) is 1. The van der Waals surface area contributed by atoms with Crippen LogP contribution in [0.2, 0.25) is 0 Å². The van der Waals surface area contributed by atoms with E-state index in [1.165, 1.54) is 4.52 Å². The lowest BCUT2D eigenvalue weighted by molar-refractivity contribution is 0.0937. The maximum Gasteiger partial charge on any atom is 0.291 e. The summed E-state index contributed by atoms with van der Waals surface area (Å²) in [6.07, 6.45) is 1.68. The predicted molar refractivity (Wildman–Crippen MR) is 91.6 cm³/mol. The van der Waals surface area contributed by atoms with Crippen LogP contribution in [0.25, 0.3) is 16.9 Å². The molecule has 0 unspecified atom stereocenters. The summed E-state index contributed by atoms with van der Waals surface area (Å²) in [5.41, 5.74) is 2.98. The average Bonchev–Trinajstić information content (AvgIpc) is 3.11. The fourth-order valence-corrected chi connectivity index (χ4v) is 2.45. The van der Waals surface area contributed by atoms with Crippen molar-refractivity contribution in [3.05, 3.63) is 78.4 Å². The summed E-state index contributed by atoms with van der Waals surface area (Å²) in [7, 11) is 0. The molecule has 25 heavy (non-hydrogen) atoms. The zero-order chi connectivity index (χ0) is 17.1. The Kier molecular flexibility index (Phi) is 3.88. The van der Waals surface area contributed by atoms with E-state index in [0.29, 0.717) is 12.2 Å². The first kappa shape index (κ1) is 14.9. The van der Waals surface area contributed by atoms with Gasteiger partial charge < -0.3 is 5.32 Å².